The van der Waals surface area contributed by atoms with Crippen molar-refractivity contribution in [3.8, 4) is 12.3 Å². The molecule has 0 saturated carbocycles. The summed E-state index contributed by atoms with van der Waals surface area (Å²) in [6.45, 7) is 4.54. The van der Waals surface area contributed by atoms with Crippen LogP contribution in [-0.4, -0.2) is 23.5 Å². The lowest BCUT2D eigenvalue weighted by molar-refractivity contribution is 0.0951. The number of aromatic nitrogens is 1. The molecule has 96 valence electrons. The van der Waals surface area contributed by atoms with Crippen LogP contribution in [0.3, 0.4) is 0 Å². The SMILES string of the molecule is C#CCC(CC)Nc1ccnc(C(=O)NCC)c1. The van der Waals surface area contributed by atoms with Crippen molar-refractivity contribution in [2.75, 3.05) is 11.9 Å². The lowest BCUT2D eigenvalue weighted by atomic mass is 10.1. The van der Waals surface area contributed by atoms with Gasteiger partial charge in [0.2, 0.25) is 0 Å². The van der Waals surface area contributed by atoms with Gasteiger partial charge >= 0.3 is 0 Å². The quantitative estimate of drug-likeness (QED) is 0.754. The molecule has 1 aromatic rings. The maximum Gasteiger partial charge on any atom is 0.269 e. The van der Waals surface area contributed by atoms with Gasteiger partial charge in [-0.3, -0.25) is 9.78 Å². The van der Waals surface area contributed by atoms with E-state index in [0.29, 0.717) is 18.7 Å². The van der Waals surface area contributed by atoms with Gasteiger partial charge in [-0.05, 0) is 25.5 Å². The van der Waals surface area contributed by atoms with Crippen molar-refractivity contribution < 1.29 is 4.79 Å². The molecule has 0 fully saturated rings. The van der Waals surface area contributed by atoms with Crippen LogP contribution in [0.15, 0.2) is 18.3 Å². The zero-order chi connectivity index (χ0) is 13.4. The fourth-order valence-corrected chi connectivity index (χ4v) is 1.57. The summed E-state index contributed by atoms with van der Waals surface area (Å²) in [4.78, 5) is 15.7. The van der Waals surface area contributed by atoms with E-state index in [1.807, 2.05) is 13.0 Å². The molecule has 0 aliphatic carbocycles. The van der Waals surface area contributed by atoms with E-state index in [9.17, 15) is 4.79 Å². The molecule has 0 aliphatic rings. The van der Waals surface area contributed by atoms with Crippen LogP contribution in [0.25, 0.3) is 0 Å². The minimum atomic E-state index is -0.161. The Morgan fingerprint density at radius 3 is 2.94 bits per heavy atom. The second-order valence-corrected chi connectivity index (χ2v) is 3.95. The molecule has 0 bridgehead atoms. The molecule has 1 amide bonds. The van der Waals surface area contributed by atoms with E-state index in [1.54, 1.807) is 12.3 Å². The Hall–Kier alpha value is -2.02. The molecule has 0 saturated heterocycles. The zero-order valence-electron chi connectivity index (χ0n) is 10.9. The van der Waals surface area contributed by atoms with Crippen LogP contribution in [-0.2, 0) is 0 Å². The Morgan fingerprint density at radius 1 is 1.56 bits per heavy atom. The molecular formula is C14H19N3O. The topological polar surface area (TPSA) is 54.0 Å². The van der Waals surface area contributed by atoms with Crippen molar-refractivity contribution in [3.63, 3.8) is 0 Å². The fraction of sp³-hybridized carbons (Fsp3) is 0.429. The molecule has 1 heterocycles. The number of carbonyl (C=O) groups excluding carboxylic acids is 1. The van der Waals surface area contributed by atoms with E-state index in [-0.39, 0.29) is 11.9 Å². The molecule has 0 aliphatic heterocycles. The van der Waals surface area contributed by atoms with Gasteiger partial charge in [-0.1, -0.05) is 6.92 Å². The van der Waals surface area contributed by atoms with E-state index < -0.39 is 0 Å². The Bertz CT molecular complexity index is 437. The summed E-state index contributed by atoms with van der Waals surface area (Å²) in [7, 11) is 0. The third-order valence-corrected chi connectivity index (χ3v) is 2.56. The smallest absolute Gasteiger partial charge is 0.269 e. The lowest BCUT2D eigenvalue weighted by Crippen LogP contribution is -2.24. The summed E-state index contributed by atoms with van der Waals surface area (Å²) in [5.41, 5.74) is 1.28. The highest BCUT2D eigenvalue weighted by molar-refractivity contribution is 5.93. The predicted octanol–water partition coefficient (Wildman–Crippen LogP) is 2.05. The molecule has 4 nitrogen and oxygen atoms in total. The highest BCUT2D eigenvalue weighted by Gasteiger charge is 2.08. The molecule has 1 rings (SSSR count). The number of nitrogens with one attached hydrogen (secondary N) is 2. The van der Waals surface area contributed by atoms with Crippen molar-refractivity contribution in [1.82, 2.24) is 10.3 Å². The highest BCUT2D eigenvalue weighted by Crippen LogP contribution is 2.12. The maximum absolute atomic E-state index is 11.6. The molecule has 18 heavy (non-hydrogen) atoms. The first-order valence-corrected chi connectivity index (χ1v) is 6.15. The van der Waals surface area contributed by atoms with Crippen LogP contribution in [0, 0.1) is 12.3 Å². The Labute approximate surface area is 108 Å². The number of anilines is 1. The van der Waals surface area contributed by atoms with Crippen LogP contribution in [0.2, 0.25) is 0 Å². The van der Waals surface area contributed by atoms with E-state index in [1.165, 1.54) is 0 Å². The number of amides is 1. The fourth-order valence-electron chi connectivity index (χ4n) is 1.57. The van der Waals surface area contributed by atoms with Gasteiger partial charge in [0.05, 0.1) is 0 Å². The van der Waals surface area contributed by atoms with Gasteiger partial charge in [-0.2, -0.15) is 0 Å². The third-order valence-electron chi connectivity index (χ3n) is 2.56. The molecule has 1 atom stereocenters. The van der Waals surface area contributed by atoms with Crippen molar-refractivity contribution >= 4 is 11.6 Å². The minimum Gasteiger partial charge on any atom is -0.381 e. The first-order chi connectivity index (χ1) is 8.71. The first kappa shape index (κ1) is 14.0. The summed E-state index contributed by atoms with van der Waals surface area (Å²) >= 11 is 0. The Morgan fingerprint density at radius 2 is 2.33 bits per heavy atom. The summed E-state index contributed by atoms with van der Waals surface area (Å²) < 4.78 is 0. The number of carbonyl (C=O) groups is 1. The van der Waals surface area contributed by atoms with Gasteiger partial charge in [0, 0.05) is 30.9 Å². The summed E-state index contributed by atoms with van der Waals surface area (Å²) in [5, 5.41) is 6.02. The number of pyridine rings is 1. The Balaban J connectivity index is 2.76. The van der Waals surface area contributed by atoms with Crippen LogP contribution >= 0.6 is 0 Å². The molecule has 0 aromatic carbocycles. The van der Waals surface area contributed by atoms with E-state index >= 15 is 0 Å². The van der Waals surface area contributed by atoms with E-state index in [2.05, 4.69) is 28.5 Å². The molecular weight excluding hydrogens is 226 g/mol. The molecule has 0 radical (unpaired) electrons. The summed E-state index contributed by atoms with van der Waals surface area (Å²) in [5.74, 6) is 2.48. The molecule has 0 spiro atoms. The van der Waals surface area contributed by atoms with E-state index in [4.69, 9.17) is 6.42 Å². The molecule has 1 unspecified atom stereocenters. The van der Waals surface area contributed by atoms with Crippen LogP contribution in [0.1, 0.15) is 37.2 Å². The largest absolute Gasteiger partial charge is 0.381 e. The molecule has 2 N–H and O–H groups in total. The van der Waals surface area contributed by atoms with Crippen LogP contribution < -0.4 is 10.6 Å². The third kappa shape index (κ3) is 4.10. The first-order valence-electron chi connectivity index (χ1n) is 6.15. The minimum absolute atomic E-state index is 0.161. The van der Waals surface area contributed by atoms with E-state index in [0.717, 1.165) is 12.1 Å². The van der Waals surface area contributed by atoms with Gasteiger partial charge in [0.25, 0.3) is 5.91 Å². The Kier molecular flexibility index (Phi) is 5.72. The maximum atomic E-state index is 11.6. The second-order valence-electron chi connectivity index (χ2n) is 3.95. The van der Waals surface area contributed by atoms with Gasteiger partial charge < -0.3 is 10.6 Å². The average Bonchev–Trinajstić information content (AvgIpc) is 2.39. The summed E-state index contributed by atoms with van der Waals surface area (Å²) in [6.07, 6.45) is 8.53. The summed E-state index contributed by atoms with van der Waals surface area (Å²) in [6, 6.07) is 3.80. The van der Waals surface area contributed by atoms with Crippen LogP contribution in [0.5, 0.6) is 0 Å². The number of hydrogen-bond acceptors (Lipinski definition) is 3. The van der Waals surface area contributed by atoms with Gasteiger partial charge in [0.1, 0.15) is 5.69 Å². The number of terminal acetylenes is 1. The molecule has 1 aromatic heterocycles. The average molecular weight is 245 g/mol. The van der Waals surface area contributed by atoms with Crippen molar-refractivity contribution in [2.24, 2.45) is 0 Å². The monoisotopic (exact) mass is 245 g/mol. The second kappa shape index (κ2) is 7.33. The van der Waals surface area contributed by atoms with Gasteiger partial charge in [-0.15, -0.1) is 12.3 Å². The normalized spacial score (nSPS) is 11.4. The highest BCUT2D eigenvalue weighted by atomic mass is 16.1. The van der Waals surface area contributed by atoms with Crippen LogP contribution in [0.4, 0.5) is 5.69 Å². The van der Waals surface area contributed by atoms with Gasteiger partial charge in [0.15, 0.2) is 0 Å². The number of rotatable bonds is 6. The number of nitrogens with zero attached hydrogens (tertiary/aromatic N) is 1. The predicted molar refractivity (Wildman–Crippen MR) is 73.4 cm³/mol. The van der Waals surface area contributed by atoms with Crippen molar-refractivity contribution in [3.05, 3.63) is 24.0 Å². The van der Waals surface area contributed by atoms with Gasteiger partial charge in [-0.25, -0.2) is 0 Å². The van der Waals surface area contributed by atoms with Crippen molar-refractivity contribution in [2.45, 2.75) is 32.7 Å². The van der Waals surface area contributed by atoms with Crippen molar-refractivity contribution in [1.29, 1.82) is 0 Å². The zero-order valence-corrected chi connectivity index (χ0v) is 10.9. The lowest BCUT2D eigenvalue weighted by Gasteiger charge is -2.15. The molecule has 4 heteroatoms. The number of hydrogen-bond donors (Lipinski definition) is 2. The standard InChI is InChI=1S/C14H19N3O/c1-4-7-11(5-2)17-12-8-9-16-13(10-12)14(18)15-6-3/h1,8-11H,5-7H2,2-3H3,(H,15,18)(H,16,17).